The normalized spacial score (nSPS) is 30.5. The van der Waals surface area contributed by atoms with E-state index in [4.69, 9.17) is 0 Å². The zero-order valence-electron chi connectivity index (χ0n) is 9.32. The SMILES string of the molecule is O=C(Nc1cccc(Br)n1)[C@H]1N[C@H]2CC[C@@H]1C2. The van der Waals surface area contributed by atoms with Crippen molar-refractivity contribution >= 4 is 27.7 Å². The summed E-state index contributed by atoms with van der Waals surface area (Å²) >= 11 is 3.29. The van der Waals surface area contributed by atoms with Gasteiger partial charge in [0.1, 0.15) is 10.4 Å². The molecule has 1 aliphatic heterocycles. The molecule has 2 bridgehead atoms. The number of nitrogens with one attached hydrogen (secondary N) is 2. The minimum atomic E-state index is -0.0328. The summed E-state index contributed by atoms with van der Waals surface area (Å²) in [6, 6.07) is 6.02. The van der Waals surface area contributed by atoms with Crippen molar-refractivity contribution in [3.05, 3.63) is 22.8 Å². The van der Waals surface area contributed by atoms with Crippen LogP contribution < -0.4 is 10.6 Å². The summed E-state index contributed by atoms with van der Waals surface area (Å²) in [7, 11) is 0. The number of aromatic nitrogens is 1. The third kappa shape index (κ3) is 2.21. The Morgan fingerprint density at radius 3 is 3.00 bits per heavy atom. The van der Waals surface area contributed by atoms with Gasteiger partial charge in [-0.25, -0.2) is 4.98 Å². The van der Waals surface area contributed by atoms with Gasteiger partial charge in [-0.3, -0.25) is 4.79 Å². The molecule has 2 heterocycles. The highest BCUT2D eigenvalue weighted by atomic mass is 79.9. The van der Waals surface area contributed by atoms with Crippen molar-refractivity contribution in [2.75, 3.05) is 5.32 Å². The van der Waals surface area contributed by atoms with E-state index in [1.165, 1.54) is 12.8 Å². The molecule has 1 aromatic heterocycles. The van der Waals surface area contributed by atoms with Crippen molar-refractivity contribution in [3.63, 3.8) is 0 Å². The van der Waals surface area contributed by atoms with Crippen LogP contribution in [-0.4, -0.2) is 23.0 Å². The third-order valence-corrected chi connectivity index (χ3v) is 4.05. The molecule has 0 aromatic carbocycles. The molecule has 1 amide bonds. The average molecular weight is 296 g/mol. The van der Waals surface area contributed by atoms with Gasteiger partial charge < -0.3 is 10.6 Å². The van der Waals surface area contributed by atoms with Gasteiger partial charge in [0, 0.05) is 6.04 Å². The molecule has 2 aliphatic rings. The summed E-state index contributed by atoms with van der Waals surface area (Å²) in [5.41, 5.74) is 0. The van der Waals surface area contributed by atoms with Gasteiger partial charge in [0.25, 0.3) is 0 Å². The zero-order valence-corrected chi connectivity index (χ0v) is 10.9. The molecule has 5 heteroatoms. The van der Waals surface area contributed by atoms with Gasteiger partial charge in [0.15, 0.2) is 0 Å². The highest BCUT2D eigenvalue weighted by Crippen LogP contribution is 2.35. The van der Waals surface area contributed by atoms with E-state index in [1.54, 1.807) is 6.07 Å². The fourth-order valence-corrected chi connectivity index (χ4v) is 3.18. The van der Waals surface area contributed by atoms with E-state index in [9.17, 15) is 4.79 Å². The second-order valence-corrected chi connectivity index (χ2v) is 5.56. The Morgan fingerprint density at radius 2 is 2.35 bits per heavy atom. The Morgan fingerprint density at radius 1 is 1.47 bits per heavy atom. The molecule has 0 spiro atoms. The quantitative estimate of drug-likeness (QED) is 0.820. The molecular formula is C12H14BrN3O. The molecule has 0 radical (unpaired) electrons. The van der Waals surface area contributed by atoms with Crippen molar-refractivity contribution in [2.45, 2.75) is 31.3 Å². The highest BCUT2D eigenvalue weighted by Gasteiger charge is 2.42. The Labute approximate surface area is 108 Å². The summed E-state index contributed by atoms with van der Waals surface area (Å²) in [6.45, 7) is 0. The topological polar surface area (TPSA) is 54.0 Å². The Hall–Kier alpha value is -0.940. The lowest BCUT2D eigenvalue weighted by Crippen LogP contribution is -2.44. The van der Waals surface area contributed by atoms with Crippen molar-refractivity contribution in [1.29, 1.82) is 0 Å². The van der Waals surface area contributed by atoms with Crippen LogP contribution in [0.1, 0.15) is 19.3 Å². The number of rotatable bonds is 2. The molecule has 4 nitrogen and oxygen atoms in total. The molecule has 1 aliphatic carbocycles. The second-order valence-electron chi connectivity index (χ2n) is 4.75. The van der Waals surface area contributed by atoms with Crippen LogP contribution in [0.5, 0.6) is 0 Å². The second kappa shape index (κ2) is 4.38. The van der Waals surface area contributed by atoms with Crippen LogP contribution in [0.4, 0.5) is 5.82 Å². The number of pyridine rings is 1. The number of hydrogen-bond acceptors (Lipinski definition) is 3. The molecule has 2 fully saturated rings. The van der Waals surface area contributed by atoms with E-state index in [0.29, 0.717) is 17.8 Å². The lowest BCUT2D eigenvalue weighted by Gasteiger charge is -2.21. The van der Waals surface area contributed by atoms with E-state index >= 15 is 0 Å². The highest BCUT2D eigenvalue weighted by molar-refractivity contribution is 9.10. The maximum Gasteiger partial charge on any atom is 0.242 e. The maximum absolute atomic E-state index is 12.1. The van der Waals surface area contributed by atoms with Crippen molar-refractivity contribution < 1.29 is 4.79 Å². The molecule has 3 atom stereocenters. The van der Waals surface area contributed by atoms with Gasteiger partial charge in [0.2, 0.25) is 5.91 Å². The van der Waals surface area contributed by atoms with Gasteiger partial charge >= 0.3 is 0 Å². The molecule has 0 unspecified atom stereocenters. The largest absolute Gasteiger partial charge is 0.309 e. The standard InChI is InChI=1S/C12H14BrN3O/c13-9-2-1-3-10(15-9)16-12(17)11-7-4-5-8(6-7)14-11/h1-3,7-8,11,14H,4-6H2,(H,15,16,17)/t7-,8+,11+/m1/s1. The first-order valence-corrected chi connectivity index (χ1v) is 6.71. The van der Waals surface area contributed by atoms with Crippen LogP contribution in [0.15, 0.2) is 22.8 Å². The lowest BCUT2D eigenvalue weighted by molar-refractivity contribution is -0.119. The van der Waals surface area contributed by atoms with Crippen LogP contribution in [-0.2, 0) is 4.79 Å². The number of anilines is 1. The van der Waals surface area contributed by atoms with E-state index in [0.717, 1.165) is 11.0 Å². The average Bonchev–Trinajstić information content (AvgIpc) is 2.90. The smallest absolute Gasteiger partial charge is 0.242 e. The first-order valence-electron chi connectivity index (χ1n) is 5.92. The number of piperidine rings is 1. The fraction of sp³-hybridized carbons (Fsp3) is 0.500. The van der Waals surface area contributed by atoms with Gasteiger partial charge in [-0.15, -0.1) is 0 Å². The van der Waals surface area contributed by atoms with Crippen LogP contribution in [0.25, 0.3) is 0 Å². The summed E-state index contributed by atoms with van der Waals surface area (Å²) in [5, 5.41) is 6.24. The number of fused-ring (bicyclic) bond motifs is 2. The summed E-state index contributed by atoms with van der Waals surface area (Å²) < 4.78 is 0.733. The lowest BCUT2D eigenvalue weighted by atomic mass is 9.99. The molecule has 1 saturated heterocycles. The molecule has 3 rings (SSSR count). The van der Waals surface area contributed by atoms with Gasteiger partial charge in [-0.05, 0) is 53.2 Å². The fourth-order valence-electron chi connectivity index (χ4n) is 2.83. The van der Waals surface area contributed by atoms with Gasteiger partial charge in [0.05, 0.1) is 6.04 Å². The monoisotopic (exact) mass is 295 g/mol. The van der Waals surface area contributed by atoms with Crippen LogP contribution in [0.2, 0.25) is 0 Å². The number of carbonyl (C=O) groups is 1. The van der Waals surface area contributed by atoms with Crippen LogP contribution in [0.3, 0.4) is 0 Å². The number of halogens is 1. The van der Waals surface area contributed by atoms with E-state index in [1.807, 2.05) is 12.1 Å². The zero-order chi connectivity index (χ0) is 11.8. The predicted octanol–water partition coefficient (Wildman–Crippen LogP) is 1.92. The molecule has 17 heavy (non-hydrogen) atoms. The first-order chi connectivity index (χ1) is 8.22. The number of hydrogen-bond donors (Lipinski definition) is 2. The maximum atomic E-state index is 12.1. The van der Waals surface area contributed by atoms with Gasteiger partial charge in [-0.1, -0.05) is 6.07 Å². The summed E-state index contributed by atoms with van der Waals surface area (Å²) in [5.74, 6) is 1.16. The van der Waals surface area contributed by atoms with Crippen molar-refractivity contribution in [2.24, 2.45) is 5.92 Å². The van der Waals surface area contributed by atoms with E-state index < -0.39 is 0 Å². The molecule has 1 saturated carbocycles. The van der Waals surface area contributed by atoms with Crippen molar-refractivity contribution in [1.82, 2.24) is 10.3 Å². The van der Waals surface area contributed by atoms with Crippen LogP contribution >= 0.6 is 15.9 Å². The molecular weight excluding hydrogens is 282 g/mol. The Kier molecular flexibility index (Phi) is 2.88. The molecule has 90 valence electrons. The third-order valence-electron chi connectivity index (χ3n) is 3.61. The first kappa shape index (κ1) is 11.2. The summed E-state index contributed by atoms with van der Waals surface area (Å²) in [6.07, 6.45) is 3.52. The molecule has 2 N–H and O–H groups in total. The van der Waals surface area contributed by atoms with Crippen LogP contribution in [0, 0.1) is 5.92 Å². The number of nitrogens with zero attached hydrogens (tertiary/aromatic N) is 1. The van der Waals surface area contributed by atoms with E-state index in [2.05, 4.69) is 31.5 Å². The molecule has 1 aromatic rings. The van der Waals surface area contributed by atoms with Gasteiger partial charge in [-0.2, -0.15) is 0 Å². The minimum Gasteiger partial charge on any atom is -0.309 e. The number of amides is 1. The minimum absolute atomic E-state index is 0.0328. The Balaban J connectivity index is 1.68. The Bertz CT molecular complexity index is 451. The van der Waals surface area contributed by atoms with E-state index in [-0.39, 0.29) is 11.9 Å². The number of carbonyl (C=O) groups excluding carboxylic acids is 1. The predicted molar refractivity (Wildman–Crippen MR) is 68.6 cm³/mol. The van der Waals surface area contributed by atoms with Crippen molar-refractivity contribution in [3.8, 4) is 0 Å². The summed E-state index contributed by atoms with van der Waals surface area (Å²) in [4.78, 5) is 16.3.